The molecule has 0 spiro atoms. The Balaban J connectivity index is 2.66. The van der Waals surface area contributed by atoms with Crippen molar-refractivity contribution in [1.82, 2.24) is 0 Å². The fourth-order valence-corrected chi connectivity index (χ4v) is 2.11. The highest BCUT2D eigenvalue weighted by Crippen LogP contribution is 2.44. The molecule has 1 aromatic rings. The Morgan fingerprint density at radius 2 is 2.20 bits per heavy atom. The molecule has 0 bridgehead atoms. The average molecular weight is 229 g/mol. The minimum absolute atomic E-state index is 0.0804. The molecule has 0 aromatic heterocycles. The number of benzene rings is 1. The third-order valence-electron chi connectivity index (χ3n) is 2.49. The molecule has 1 aliphatic rings. The second-order valence-corrected chi connectivity index (χ2v) is 4.20. The Kier molecular flexibility index (Phi) is 2.76. The van der Waals surface area contributed by atoms with Gasteiger partial charge in [-0.3, -0.25) is 0 Å². The summed E-state index contributed by atoms with van der Waals surface area (Å²) in [6.45, 7) is 4.21. The fraction of sp³-hybridized carbons (Fsp3) is 0.455. The van der Waals surface area contributed by atoms with E-state index in [1.54, 1.807) is 6.07 Å². The number of ether oxygens (including phenoxy) is 2. The van der Waals surface area contributed by atoms with Crippen LogP contribution in [0.5, 0.6) is 11.5 Å². The van der Waals surface area contributed by atoms with Gasteiger partial charge in [0.25, 0.3) is 0 Å². The molecular weight excluding hydrogens is 216 g/mol. The van der Waals surface area contributed by atoms with Crippen molar-refractivity contribution >= 4 is 11.6 Å². The molecule has 1 heterocycles. The van der Waals surface area contributed by atoms with Crippen LogP contribution in [0.1, 0.15) is 30.9 Å². The molecule has 0 amide bonds. The van der Waals surface area contributed by atoms with Crippen molar-refractivity contribution in [1.29, 1.82) is 0 Å². The smallest absolute Gasteiger partial charge is 0.231 e. The topological polar surface area (TPSA) is 38.7 Å². The highest BCUT2D eigenvalue weighted by atomic mass is 35.5. The number of halogens is 1. The first-order valence-electron chi connectivity index (χ1n) is 4.87. The zero-order chi connectivity index (χ0) is 11.0. The lowest BCUT2D eigenvalue weighted by Crippen LogP contribution is -2.00. The fourth-order valence-electron chi connectivity index (χ4n) is 1.85. The van der Waals surface area contributed by atoms with E-state index in [2.05, 4.69) is 0 Å². The van der Waals surface area contributed by atoms with Crippen molar-refractivity contribution in [3.63, 3.8) is 0 Å². The lowest BCUT2D eigenvalue weighted by molar-refractivity contribution is 0.173. The van der Waals surface area contributed by atoms with Gasteiger partial charge in [0.2, 0.25) is 6.79 Å². The molecule has 1 aliphatic heterocycles. The van der Waals surface area contributed by atoms with Crippen LogP contribution in [-0.4, -0.2) is 11.9 Å². The SMILES string of the molecule is CC(C)c1c(CO)c(Cl)cc2c1OCO2. The first-order chi connectivity index (χ1) is 7.15. The molecule has 82 valence electrons. The van der Waals surface area contributed by atoms with Crippen LogP contribution in [0.2, 0.25) is 5.02 Å². The van der Waals surface area contributed by atoms with E-state index in [0.29, 0.717) is 10.8 Å². The summed E-state index contributed by atoms with van der Waals surface area (Å²) in [5.74, 6) is 1.63. The van der Waals surface area contributed by atoms with Crippen LogP contribution in [0.15, 0.2) is 6.07 Å². The van der Waals surface area contributed by atoms with Crippen molar-refractivity contribution in [2.24, 2.45) is 0 Å². The minimum atomic E-state index is -0.0804. The molecular formula is C11H13ClO3. The number of hydrogen-bond acceptors (Lipinski definition) is 3. The largest absolute Gasteiger partial charge is 0.454 e. The third-order valence-corrected chi connectivity index (χ3v) is 2.83. The number of aliphatic hydroxyl groups is 1. The molecule has 0 unspecified atom stereocenters. The predicted octanol–water partition coefficient (Wildman–Crippen LogP) is 2.68. The Labute approximate surface area is 93.6 Å². The molecule has 0 atom stereocenters. The standard InChI is InChI=1S/C11H13ClO3/c1-6(2)10-7(4-13)8(12)3-9-11(10)15-5-14-9/h3,6,13H,4-5H2,1-2H3. The summed E-state index contributed by atoms with van der Waals surface area (Å²) in [7, 11) is 0. The van der Waals surface area contributed by atoms with Crippen molar-refractivity contribution in [2.45, 2.75) is 26.4 Å². The van der Waals surface area contributed by atoms with Gasteiger partial charge in [-0.25, -0.2) is 0 Å². The molecule has 15 heavy (non-hydrogen) atoms. The van der Waals surface area contributed by atoms with Crippen molar-refractivity contribution in [2.75, 3.05) is 6.79 Å². The van der Waals surface area contributed by atoms with Gasteiger partial charge in [-0.05, 0) is 5.92 Å². The highest BCUT2D eigenvalue weighted by molar-refractivity contribution is 6.31. The zero-order valence-corrected chi connectivity index (χ0v) is 9.47. The van der Waals surface area contributed by atoms with E-state index in [-0.39, 0.29) is 19.3 Å². The number of hydrogen-bond donors (Lipinski definition) is 1. The second kappa shape index (κ2) is 3.91. The maximum atomic E-state index is 9.30. The van der Waals surface area contributed by atoms with E-state index in [4.69, 9.17) is 21.1 Å². The summed E-state index contributed by atoms with van der Waals surface area (Å²) in [6, 6.07) is 1.70. The van der Waals surface area contributed by atoms with Crippen LogP contribution in [0, 0.1) is 0 Å². The maximum absolute atomic E-state index is 9.30. The van der Waals surface area contributed by atoms with Crippen molar-refractivity contribution in [3.8, 4) is 11.5 Å². The van der Waals surface area contributed by atoms with Crippen molar-refractivity contribution < 1.29 is 14.6 Å². The van der Waals surface area contributed by atoms with E-state index in [1.807, 2.05) is 13.8 Å². The number of aliphatic hydroxyl groups excluding tert-OH is 1. The molecule has 0 saturated heterocycles. The van der Waals surface area contributed by atoms with Crippen LogP contribution in [-0.2, 0) is 6.61 Å². The van der Waals surface area contributed by atoms with E-state index in [0.717, 1.165) is 16.9 Å². The Morgan fingerprint density at radius 1 is 1.47 bits per heavy atom. The predicted molar refractivity (Wildman–Crippen MR) is 57.6 cm³/mol. The van der Waals surface area contributed by atoms with Crippen LogP contribution < -0.4 is 9.47 Å². The van der Waals surface area contributed by atoms with E-state index < -0.39 is 0 Å². The lowest BCUT2D eigenvalue weighted by atomic mass is 9.96. The zero-order valence-electron chi connectivity index (χ0n) is 8.71. The Morgan fingerprint density at radius 3 is 2.80 bits per heavy atom. The summed E-state index contributed by atoms with van der Waals surface area (Å²) in [5, 5.41) is 9.83. The van der Waals surface area contributed by atoms with Gasteiger partial charge in [-0.15, -0.1) is 0 Å². The van der Waals surface area contributed by atoms with Gasteiger partial charge in [0.05, 0.1) is 11.6 Å². The summed E-state index contributed by atoms with van der Waals surface area (Å²) >= 11 is 6.06. The van der Waals surface area contributed by atoms with Gasteiger partial charge >= 0.3 is 0 Å². The first kappa shape index (κ1) is 10.6. The van der Waals surface area contributed by atoms with E-state index in [1.165, 1.54) is 0 Å². The third kappa shape index (κ3) is 1.66. The minimum Gasteiger partial charge on any atom is -0.454 e. The molecule has 0 aliphatic carbocycles. The van der Waals surface area contributed by atoms with Gasteiger partial charge in [-0.2, -0.15) is 0 Å². The van der Waals surface area contributed by atoms with Gasteiger partial charge in [0, 0.05) is 17.2 Å². The first-order valence-corrected chi connectivity index (χ1v) is 5.24. The second-order valence-electron chi connectivity index (χ2n) is 3.80. The van der Waals surface area contributed by atoms with Crippen LogP contribution in [0.25, 0.3) is 0 Å². The van der Waals surface area contributed by atoms with Gasteiger partial charge < -0.3 is 14.6 Å². The number of fused-ring (bicyclic) bond motifs is 1. The molecule has 0 saturated carbocycles. The van der Waals surface area contributed by atoms with Crippen LogP contribution >= 0.6 is 11.6 Å². The monoisotopic (exact) mass is 228 g/mol. The summed E-state index contributed by atoms with van der Waals surface area (Å²) in [4.78, 5) is 0. The summed E-state index contributed by atoms with van der Waals surface area (Å²) in [6.07, 6.45) is 0. The van der Waals surface area contributed by atoms with E-state index >= 15 is 0 Å². The number of rotatable bonds is 2. The highest BCUT2D eigenvalue weighted by Gasteiger charge is 2.24. The normalized spacial score (nSPS) is 13.7. The van der Waals surface area contributed by atoms with Gasteiger partial charge in [0.15, 0.2) is 11.5 Å². The van der Waals surface area contributed by atoms with Crippen LogP contribution in [0.4, 0.5) is 0 Å². The van der Waals surface area contributed by atoms with E-state index in [9.17, 15) is 5.11 Å². The summed E-state index contributed by atoms with van der Waals surface area (Å²) < 4.78 is 10.7. The molecule has 1 aromatic carbocycles. The molecule has 2 rings (SSSR count). The molecule has 3 nitrogen and oxygen atoms in total. The lowest BCUT2D eigenvalue weighted by Gasteiger charge is -2.15. The quantitative estimate of drug-likeness (QED) is 0.846. The Hall–Kier alpha value is -0.930. The molecule has 1 N–H and O–H groups in total. The Bertz CT molecular complexity index is 384. The van der Waals surface area contributed by atoms with Crippen molar-refractivity contribution in [3.05, 3.63) is 22.2 Å². The van der Waals surface area contributed by atoms with Gasteiger partial charge in [-0.1, -0.05) is 25.4 Å². The molecule has 0 radical (unpaired) electrons. The summed E-state index contributed by atoms with van der Waals surface area (Å²) in [5.41, 5.74) is 1.67. The molecule has 0 fully saturated rings. The maximum Gasteiger partial charge on any atom is 0.231 e. The van der Waals surface area contributed by atoms with Gasteiger partial charge in [0.1, 0.15) is 0 Å². The van der Waals surface area contributed by atoms with Crippen LogP contribution in [0.3, 0.4) is 0 Å². The molecule has 4 heteroatoms. The average Bonchev–Trinajstić information content (AvgIpc) is 2.62.